The molecule has 0 spiro atoms. The van der Waals surface area contributed by atoms with Crippen molar-refractivity contribution in [2.45, 2.75) is 26.7 Å². The van der Waals surface area contributed by atoms with Gasteiger partial charge in [0.2, 0.25) is 0 Å². The molecular formula is C20H34N4O2. The van der Waals surface area contributed by atoms with Gasteiger partial charge in [-0.15, -0.1) is 0 Å². The van der Waals surface area contributed by atoms with E-state index in [2.05, 4.69) is 43.1 Å². The number of methoxy groups -OCH3 is 1. The number of hydrogen-bond donors (Lipinski definition) is 1. The maximum Gasteiger partial charge on any atom is 0.255 e. The summed E-state index contributed by atoms with van der Waals surface area (Å²) in [6, 6.07) is 3.77. The Labute approximate surface area is 157 Å². The van der Waals surface area contributed by atoms with Crippen LogP contribution in [-0.4, -0.2) is 74.7 Å². The second kappa shape index (κ2) is 9.33. The number of aromatic nitrogens is 1. The van der Waals surface area contributed by atoms with Gasteiger partial charge in [-0.1, -0.05) is 13.8 Å². The third-order valence-corrected chi connectivity index (χ3v) is 4.71. The molecule has 0 saturated carbocycles. The molecule has 0 unspecified atom stereocenters. The molecular weight excluding hydrogens is 328 g/mol. The van der Waals surface area contributed by atoms with Crippen LogP contribution in [0, 0.1) is 11.3 Å². The lowest BCUT2D eigenvalue weighted by molar-refractivity contribution is 0.0570. The number of carbonyl (C=O) groups excluding carboxylic acids is 1. The first-order chi connectivity index (χ1) is 12.3. The van der Waals surface area contributed by atoms with E-state index in [0.29, 0.717) is 18.1 Å². The molecule has 0 aliphatic carbocycles. The lowest BCUT2D eigenvalue weighted by atomic mass is 9.93. The molecule has 1 fully saturated rings. The smallest absolute Gasteiger partial charge is 0.255 e. The van der Waals surface area contributed by atoms with Crippen LogP contribution in [0.15, 0.2) is 18.3 Å². The van der Waals surface area contributed by atoms with Crippen molar-refractivity contribution in [2.75, 3.05) is 59.3 Å². The van der Waals surface area contributed by atoms with Crippen molar-refractivity contribution in [1.82, 2.24) is 14.8 Å². The molecule has 1 N–H and O–H groups in total. The number of likely N-dealkylation sites (tertiary alicyclic amines) is 1. The number of hydrogen-bond acceptors (Lipinski definition) is 5. The predicted octanol–water partition coefficient (Wildman–Crippen LogP) is 2.58. The quantitative estimate of drug-likeness (QED) is 0.770. The van der Waals surface area contributed by atoms with E-state index in [0.717, 1.165) is 44.8 Å². The first kappa shape index (κ1) is 20.6. The van der Waals surface area contributed by atoms with E-state index in [-0.39, 0.29) is 11.3 Å². The number of amides is 1. The van der Waals surface area contributed by atoms with Gasteiger partial charge in [0.1, 0.15) is 5.82 Å². The Hall–Kier alpha value is -1.66. The lowest BCUT2D eigenvalue weighted by Gasteiger charge is -2.32. The fraction of sp³-hybridized carbons (Fsp3) is 0.700. The minimum atomic E-state index is 0.0674. The molecule has 0 bridgehead atoms. The summed E-state index contributed by atoms with van der Waals surface area (Å²) in [5, 5.41) is 3.38. The number of nitrogens with zero attached hydrogens (tertiary/aromatic N) is 3. The van der Waals surface area contributed by atoms with E-state index in [1.165, 1.54) is 0 Å². The zero-order chi connectivity index (χ0) is 19.2. The van der Waals surface area contributed by atoms with Crippen LogP contribution in [0.2, 0.25) is 0 Å². The molecule has 1 aromatic heterocycles. The van der Waals surface area contributed by atoms with E-state index >= 15 is 0 Å². The highest BCUT2D eigenvalue weighted by atomic mass is 16.5. The molecule has 2 rings (SSSR count). The Morgan fingerprint density at radius 3 is 2.81 bits per heavy atom. The summed E-state index contributed by atoms with van der Waals surface area (Å²) in [7, 11) is 5.88. The summed E-state index contributed by atoms with van der Waals surface area (Å²) in [5.41, 5.74) is 0.797. The number of carbonyl (C=O) groups is 1. The number of anilines is 1. The molecule has 1 atom stereocenters. The molecule has 0 aromatic carbocycles. The number of rotatable bonds is 8. The molecule has 146 valence electrons. The minimum absolute atomic E-state index is 0.0674. The van der Waals surface area contributed by atoms with Crippen molar-refractivity contribution in [2.24, 2.45) is 11.3 Å². The van der Waals surface area contributed by atoms with Gasteiger partial charge < -0.3 is 19.9 Å². The van der Waals surface area contributed by atoms with Crippen LogP contribution < -0.4 is 5.32 Å². The highest BCUT2D eigenvalue weighted by Crippen LogP contribution is 2.20. The summed E-state index contributed by atoms with van der Waals surface area (Å²) < 4.78 is 5.25. The molecule has 1 aliphatic rings. The molecule has 1 aromatic rings. The molecule has 6 heteroatoms. The van der Waals surface area contributed by atoms with E-state index in [1.54, 1.807) is 13.3 Å². The van der Waals surface area contributed by atoms with Gasteiger partial charge in [-0.2, -0.15) is 0 Å². The summed E-state index contributed by atoms with van der Waals surface area (Å²) in [5.74, 6) is 1.31. The monoisotopic (exact) mass is 362 g/mol. The van der Waals surface area contributed by atoms with Crippen LogP contribution in [-0.2, 0) is 4.74 Å². The molecule has 1 saturated heterocycles. The van der Waals surface area contributed by atoms with E-state index in [9.17, 15) is 4.79 Å². The van der Waals surface area contributed by atoms with Gasteiger partial charge in [0.05, 0.1) is 12.2 Å². The first-order valence-corrected chi connectivity index (χ1v) is 9.43. The number of pyridine rings is 1. The van der Waals surface area contributed by atoms with Gasteiger partial charge >= 0.3 is 0 Å². The number of piperidine rings is 1. The molecule has 2 heterocycles. The Morgan fingerprint density at radius 1 is 1.42 bits per heavy atom. The second-order valence-corrected chi connectivity index (χ2v) is 8.40. The number of ether oxygens (including phenoxy) is 1. The van der Waals surface area contributed by atoms with Gasteiger partial charge in [-0.05, 0) is 50.4 Å². The zero-order valence-corrected chi connectivity index (χ0v) is 16.9. The van der Waals surface area contributed by atoms with E-state index < -0.39 is 0 Å². The van der Waals surface area contributed by atoms with Crippen molar-refractivity contribution in [1.29, 1.82) is 0 Å². The third kappa shape index (κ3) is 6.25. The Bertz CT molecular complexity index is 570. The standard InChI is InChI=1S/C20H34N4O2/c1-20(2,15-23(3)4)14-22-18-9-8-17(11-21-18)19(25)24-10-6-7-16(12-24)13-26-5/h8-9,11,16H,6-7,10,12-15H2,1-5H3,(H,21,22)/t16-/m0/s1. The van der Waals surface area contributed by atoms with Crippen LogP contribution in [0.25, 0.3) is 0 Å². The molecule has 1 aliphatic heterocycles. The molecule has 6 nitrogen and oxygen atoms in total. The third-order valence-electron chi connectivity index (χ3n) is 4.71. The van der Waals surface area contributed by atoms with Gasteiger partial charge in [-0.25, -0.2) is 4.98 Å². The van der Waals surface area contributed by atoms with Crippen LogP contribution in [0.3, 0.4) is 0 Å². The van der Waals surface area contributed by atoms with E-state index in [4.69, 9.17) is 4.74 Å². The zero-order valence-electron chi connectivity index (χ0n) is 16.9. The van der Waals surface area contributed by atoms with Gasteiger partial charge in [0.25, 0.3) is 5.91 Å². The number of nitrogens with one attached hydrogen (secondary N) is 1. The van der Waals surface area contributed by atoms with Gasteiger partial charge in [0, 0.05) is 39.5 Å². The lowest BCUT2D eigenvalue weighted by Crippen LogP contribution is -2.41. The summed E-state index contributed by atoms with van der Waals surface area (Å²) >= 11 is 0. The van der Waals surface area contributed by atoms with Crippen LogP contribution in [0.1, 0.15) is 37.0 Å². The van der Waals surface area contributed by atoms with Crippen LogP contribution >= 0.6 is 0 Å². The Balaban J connectivity index is 1.91. The van der Waals surface area contributed by atoms with Crippen LogP contribution in [0.5, 0.6) is 0 Å². The van der Waals surface area contributed by atoms with E-state index in [1.807, 2.05) is 17.0 Å². The fourth-order valence-corrected chi connectivity index (χ4v) is 3.67. The van der Waals surface area contributed by atoms with Gasteiger partial charge in [-0.3, -0.25) is 4.79 Å². The van der Waals surface area contributed by atoms with Crippen molar-refractivity contribution in [3.05, 3.63) is 23.9 Å². The van der Waals surface area contributed by atoms with Crippen LogP contribution in [0.4, 0.5) is 5.82 Å². The fourth-order valence-electron chi connectivity index (χ4n) is 3.67. The maximum atomic E-state index is 12.7. The summed E-state index contributed by atoms with van der Waals surface area (Å²) in [4.78, 5) is 21.3. The average Bonchev–Trinajstić information content (AvgIpc) is 2.59. The topological polar surface area (TPSA) is 57.7 Å². The normalized spacial score (nSPS) is 18.2. The average molecular weight is 363 g/mol. The largest absolute Gasteiger partial charge is 0.384 e. The Kier molecular flexibility index (Phi) is 7.41. The highest BCUT2D eigenvalue weighted by Gasteiger charge is 2.24. The first-order valence-electron chi connectivity index (χ1n) is 9.43. The SMILES string of the molecule is COC[C@H]1CCCN(C(=O)c2ccc(NCC(C)(C)CN(C)C)nc2)C1. The highest BCUT2D eigenvalue weighted by molar-refractivity contribution is 5.94. The minimum Gasteiger partial charge on any atom is -0.384 e. The van der Waals surface area contributed by atoms with Crippen molar-refractivity contribution in [3.8, 4) is 0 Å². The molecule has 0 radical (unpaired) electrons. The Morgan fingerprint density at radius 2 is 2.19 bits per heavy atom. The molecule has 26 heavy (non-hydrogen) atoms. The van der Waals surface area contributed by atoms with Gasteiger partial charge in [0.15, 0.2) is 0 Å². The maximum absolute atomic E-state index is 12.7. The van der Waals surface area contributed by atoms with Crippen molar-refractivity contribution in [3.63, 3.8) is 0 Å². The second-order valence-electron chi connectivity index (χ2n) is 8.40. The summed E-state index contributed by atoms with van der Waals surface area (Å²) in [6.07, 6.45) is 3.85. The van der Waals surface area contributed by atoms with Crippen molar-refractivity contribution < 1.29 is 9.53 Å². The van der Waals surface area contributed by atoms with Crippen molar-refractivity contribution >= 4 is 11.7 Å². The molecule has 1 amide bonds. The predicted molar refractivity (Wildman–Crippen MR) is 106 cm³/mol. The summed E-state index contributed by atoms with van der Waals surface area (Å²) in [6.45, 7) is 8.58.